The highest BCUT2D eigenvalue weighted by Crippen LogP contribution is 2.71. The van der Waals surface area contributed by atoms with Crippen molar-refractivity contribution >= 4 is 11.8 Å². The molecule has 0 radical (unpaired) electrons. The third-order valence-corrected chi connectivity index (χ3v) is 8.88. The van der Waals surface area contributed by atoms with Crippen molar-refractivity contribution in [3.63, 3.8) is 0 Å². The second-order valence-corrected chi connectivity index (χ2v) is 10.6. The normalized spacial score (nSPS) is 45.6. The molecule has 0 heterocycles. The minimum Gasteiger partial charge on any atom is -0.451 e. The van der Waals surface area contributed by atoms with E-state index < -0.39 is 41.7 Å². The van der Waals surface area contributed by atoms with Crippen LogP contribution in [0.2, 0.25) is 0 Å². The van der Waals surface area contributed by atoms with Crippen molar-refractivity contribution in [3.8, 4) is 0 Å². The number of rotatable bonds is 3. The van der Waals surface area contributed by atoms with Crippen LogP contribution < -0.4 is 0 Å². The third-order valence-electron chi connectivity index (χ3n) is 8.88. The van der Waals surface area contributed by atoms with Crippen LogP contribution >= 0.6 is 0 Å². The number of ether oxygens (including phenoxy) is 1. The number of fused-ring (bicyclic) bond motifs is 3. The Balaban J connectivity index is 1.91. The molecule has 8 atom stereocenters. The molecule has 3 N–H and O–H groups in total. The predicted octanol–water partition coefficient (Wildman–Crippen LogP) is 2.33. The van der Waals surface area contributed by atoms with Crippen LogP contribution in [0.4, 0.5) is 0 Å². The number of aliphatic hydroxyl groups excluding tert-OH is 2. The van der Waals surface area contributed by atoms with Gasteiger partial charge in [0.05, 0.1) is 12.0 Å². The highest BCUT2D eigenvalue weighted by atomic mass is 16.6. The summed E-state index contributed by atoms with van der Waals surface area (Å²) in [7, 11) is 0. The number of esters is 1. The molecule has 0 saturated heterocycles. The van der Waals surface area contributed by atoms with Gasteiger partial charge in [-0.1, -0.05) is 39.0 Å². The molecule has 4 aliphatic carbocycles. The molecule has 0 amide bonds. The second-order valence-electron chi connectivity index (χ2n) is 10.6. The molecule has 6 heteroatoms. The van der Waals surface area contributed by atoms with Gasteiger partial charge >= 0.3 is 5.97 Å². The van der Waals surface area contributed by atoms with Crippen molar-refractivity contribution in [2.75, 3.05) is 6.61 Å². The Morgan fingerprint density at radius 2 is 2.00 bits per heavy atom. The summed E-state index contributed by atoms with van der Waals surface area (Å²) in [6.45, 7) is 10.8. The molecule has 4 aliphatic rings. The Morgan fingerprint density at radius 1 is 1.35 bits per heavy atom. The van der Waals surface area contributed by atoms with Crippen molar-refractivity contribution in [1.82, 2.24) is 0 Å². The Morgan fingerprint density at radius 3 is 2.58 bits per heavy atom. The number of Topliss-reactive ketones (excluding diaryl/α,β-unsaturated/α-hetero) is 1. The zero-order chi connectivity index (χ0) is 23.1. The molecule has 31 heavy (non-hydrogen) atoms. The lowest BCUT2D eigenvalue weighted by atomic mass is 9.59. The van der Waals surface area contributed by atoms with Gasteiger partial charge in [0.2, 0.25) is 0 Å². The number of hydrogen-bond acceptors (Lipinski definition) is 6. The highest BCUT2D eigenvalue weighted by Gasteiger charge is 2.76. The first-order chi connectivity index (χ1) is 14.4. The maximum Gasteiger partial charge on any atom is 0.334 e. The second kappa shape index (κ2) is 6.87. The number of ketones is 1. The number of aliphatic hydroxyl groups is 3. The average Bonchev–Trinajstić information content (AvgIpc) is 3.21. The van der Waals surface area contributed by atoms with Crippen molar-refractivity contribution in [2.24, 2.45) is 34.5 Å². The molecule has 6 nitrogen and oxygen atoms in total. The van der Waals surface area contributed by atoms with E-state index in [2.05, 4.69) is 13.8 Å². The Hall–Kier alpha value is -1.76. The van der Waals surface area contributed by atoms with Crippen LogP contribution in [0.15, 0.2) is 34.9 Å². The lowest BCUT2D eigenvalue weighted by Crippen LogP contribution is -2.65. The Labute approximate surface area is 183 Å². The van der Waals surface area contributed by atoms with Crippen molar-refractivity contribution in [2.45, 2.75) is 65.8 Å². The largest absolute Gasteiger partial charge is 0.451 e. The van der Waals surface area contributed by atoms with Gasteiger partial charge in [0, 0.05) is 11.5 Å². The quantitative estimate of drug-likeness (QED) is 0.361. The van der Waals surface area contributed by atoms with E-state index in [1.54, 1.807) is 39.0 Å². The smallest absolute Gasteiger partial charge is 0.334 e. The zero-order valence-electron chi connectivity index (χ0n) is 19.2. The summed E-state index contributed by atoms with van der Waals surface area (Å²) in [5.74, 6) is -1.13. The standard InChI is InChI=1S/C25H34O6/c1-7-12(2)22(29)31-21-13(3)10-24-14(4)8-17-18(23(17,5)6)16(20(24)28)9-15(11-26)19(27)25(21,24)30/h7,9-10,14,16-19,21,26-27,30H,8,11H2,1-6H3/b12-7+/t14-,16?,17-,18+,19-,21+,24+,25+/m1/s1. The van der Waals surface area contributed by atoms with Crippen LogP contribution in [-0.4, -0.2) is 51.5 Å². The van der Waals surface area contributed by atoms with Crippen LogP contribution in [0.5, 0.6) is 0 Å². The van der Waals surface area contributed by atoms with Crippen molar-refractivity contribution in [1.29, 1.82) is 0 Å². The van der Waals surface area contributed by atoms with E-state index in [1.165, 1.54) is 0 Å². The predicted molar refractivity (Wildman–Crippen MR) is 115 cm³/mol. The van der Waals surface area contributed by atoms with E-state index in [0.29, 0.717) is 17.1 Å². The Bertz CT molecular complexity index is 926. The lowest BCUT2D eigenvalue weighted by molar-refractivity contribution is -0.201. The van der Waals surface area contributed by atoms with Gasteiger partial charge in [-0.15, -0.1) is 0 Å². The fourth-order valence-electron chi connectivity index (χ4n) is 6.91. The minimum atomic E-state index is -2.08. The van der Waals surface area contributed by atoms with Gasteiger partial charge < -0.3 is 20.1 Å². The van der Waals surface area contributed by atoms with Crippen LogP contribution in [0, 0.1) is 34.5 Å². The molecule has 0 aromatic rings. The highest BCUT2D eigenvalue weighted by molar-refractivity contribution is 5.96. The summed E-state index contributed by atoms with van der Waals surface area (Å²) in [5, 5.41) is 33.7. The van der Waals surface area contributed by atoms with Gasteiger partial charge in [0.25, 0.3) is 0 Å². The maximum absolute atomic E-state index is 14.2. The fraction of sp³-hybridized carbons (Fsp3) is 0.680. The van der Waals surface area contributed by atoms with Crippen LogP contribution in [0.25, 0.3) is 0 Å². The summed E-state index contributed by atoms with van der Waals surface area (Å²) in [4.78, 5) is 26.8. The summed E-state index contributed by atoms with van der Waals surface area (Å²) >= 11 is 0. The monoisotopic (exact) mass is 430 g/mol. The molecular weight excluding hydrogens is 396 g/mol. The SMILES string of the molecule is C/C=C(\C)C(=O)O[C@H]1C(C)=C[C@]23C(=O)C(C=C(CO)[C@@H](O)[C@]12O)[C@H]1[C@@H](C[C@H]3C)C1(C)C. The van der Waals surface area contributed by atoms with Crippen LogP contribution in [0.3, 0.4) is 0 Å². The number of carbonyl (C=O) groups excluding carboxylic acids is 2. The van der Waals surface area contributed by atoms with E-state index in [1.807, 2.05) is 6.92 Å². The minimum absolute atomic E-state index is 0.0209. The molecule has 0 aromatic heterocycles. The average molecular weight is 431 g/mol. The molecule has 4 rings (SSSR count). The number of allylic oxidation sites excluding steroid dienone is 2. The summed E-state index contributed by atoms with van der Waals surface area (Å²) in [6.07, 6.45) is 3.04. The molecule has 2 bridgehead atoms. The molecule has 2 fully saturated rings. The molecule has 2 saturated carbocycles. The van der Waals surface area contributed by atoms with E-state index in [-0.39, 0.29) is 28.6 Å². The topological polar surface area (TPSA) is 104 Å². The van der Waals surface area contributed by atoms with Crippen molar-refractivity contribution in [3.05, 3.63) is 34.9 Å². The third kappa shape index (κ3) is 2.61. The first-order valence-electron chi connectivity index (χ1n) is 11.2. The maximum atomic E-state index is 14.2. The molecule has 0 aliphatic heterocycles. The van der Waals surface area contributed by atoms with E-state index in [0.717, 1.165) is 6.42 Å². The van der Waals surface area contributed by atoms with Gasteiger partial charge in [0.1, 0.15) is 6.10 Å². The first kappa shape index (κ1) is 22.4. The van der Waals surface area contributed by atoms with Gasteiger partial charge in [-0.3, -0.25) is 4.79 Å². The van der Waals surface area contributed by atoms with Gasteiger partial charge in [-0.05, 0) is 61.5 Å². The number of carbonyl (C=O) groups is 2. The van der Waals surface area contributed by atoms with E-state index in [4.69, 9.17) is 4.74 Å². The fourth-order valence-corrected chi connectivity index (χ4v) is 6.91. The molecule has 0 aromatic carbocycles. The van der Waals surface area contributed by atoms with Crippen molar-refractivity contribution < 1.29 is 29.6 Å². The summed E-state index contributed by atoms with van der Waals surface area (Å²) < 4.78 is 5.72. The van der Waals surface area contributed by atoms with Gasteiger partial charge in [-0.25, -0.2) is 4.79 Å². The summed E-state index contributed by atoms with van der Waals surface area (Å²) in [6, 6.07) is 0. The molecule has 1 spiro atoms. The van der Waals surface area contributed by atoms with Gasteiger partial charge in [0.15, 0.2) is 17.5 Å². The van der Waals surface area contributed by atoms with E-state index >= 15 is 0 Å². The zero-order valence-corrected chi connectivity index (χ0v) is 19.2. The van der Waals surface area contributed by atoms with Gasteiger partial charge in [-0.2, -0.15) is 0 Å². The van der Waals surface area contributed by atoms with Crippen LogP contribution in [-0.2, 0) is 14.3 Å². The first-order valence-corrected chi connectivity index (χ1v) is 11.2. The van der Waals surface area contributed by atoms with Crippen LogP contribution in [0.1, 0.15) is 48.0 Å². The number of hydrogen-bond donors (Lipinski definition) is 3. The van der Waals surface area contributed by atoms with E-state index in [9.17, 15) is 24.9 Å². The lowest BCUT2D eigenvalue weighted by Gasteiger charge is -2.48. The molecule has 170 valence electrons. The molecular formula is C25H34O6. The molecule has 1 unspecified atom stereocenters. The Kier molecular flexibility index (Phi) is 4.97. The summed E-state index contributed by atoms with van der Waals surface area (Å²) in [5.41, 5.74) is -2.36.